The number of carbonyl (C=O) groups excluding carboxylic acids is 2. The van der Waals surface area contributed by atoms with E-state index in [4.69, 9.17) is 10.6 Å². The number of carbonyl (C=O) groups is 3. The highest BCUT2D eigenvalue weighted by molar-refractivity contribution is 7.81. The first-order valence-corrected chi connectivity index (χ1v) is 5.31. The highest BCUT2D eigenvalue weighted by Gasteiger charge is 2.22. The Bertz CT molecular complexity index is 363. The number of nitrogens with zero attached hydrogens (tertiary/aromatic N) is 2. The minimum absolute atomic E-state index is 0.0770. The van der Waals surface area contributed by atoms with Crippen LogP contribution in [0.1, 0.15) is 19.8 Å². The van der Waals surface area contributed by atoms with Crippen molar-refractivity contribution in [3.8, 4) is 0 Å². The number of Topliss-reactive ketones (excluding diaryl/α,β-unsaturated/α-hetero) is 1. The summed E-state index contributed by atoms with van der Waals surface area (Å²) < 4.78 is 0. The molecule has 0 bridgehead atoms. The van der Waals surface area contributed by atoms with Crippen LogP contribution in [0.5, 0.6) is 0 Å². The van der Waals surface area contributed by atoms with E-state index in [1.165, 1.54) is 6.92 Å². The van der Waals surface area contributed by atoms with Gasteiger partial charge in [0.15, 0.2) is 0 Å². The third-order valence-electron chi connectivity index (χ3n) is 1.88. The summed E-state index contributed by atoms with van der Waals surface area (Å²) >= 11 is 3.85. The molecule has 0 aromatic rings. The van der Waals surface area contributed by atoms with Gasteiger partial charge in [-0.2, -0.15) is 17.4 Å². The molecule has 0 heterocycles. The number of thiol groups is 1. The highest BCUT2D eigenvalue weighted by Crippen LogP contribution is 2.01. The molecular weight excluding hydrogens is 246 g/mol. The number of carboxylic acids is 1. The average molecular weight is 259 g/mol. The monoisotopic (exact) mass is 259 g/mol. The van der Waals surface area contributed by atoms with Gasteiger partial charge in [0, 0.05) is 6.42 Å². The van der Waals surface area contributed by atoms with E-state index >= 15 is 0 Å². The number of rotatable bonds is 7. The maximum Gasteiger partial charge on any atom is 0.326 e. The molecule has 7 nitrogen and oxygen atoms in total. The number of hydrogen-bond acceptors (Lipinski definition) is 4. The summed E-state index contributed by atoms with van der Waals surface area (Å²) in [6.07, 6.45) is 0.469. The van der Waals surface area contributed by atoms with Gasteiger partial charge < -0.3 is 16.0 Å². The van der Waals surface area contributed by atoms with Gasteiger partial charge >= 0.3 is 12.2 Å². The second kappa shape index (κ2) is 7.59. The van der Waals surface area contributed by atoms with E-state index in [0.717, 1.165) is 0 Å². The lowest BCUT2D eigenvalue weighted by Crippen LogP contribution is -2.43. The van der Waals surface area contributed by atoms with Gasteiger partial charge in [0.1, 0.15) is 6.04 Å². The molecule has 0 aromatic heterocycles. The van der Waals surface area contributed by atoms with Crippen molar-refractivity contribution in [1.29, 1.82) is 0 Å². The molecule has 0 spiro atoms. The standard InChI is InChI=1S/C9H13N3O4S/c1-5(17)8(14)12-7(9(15)16)3-2-6(13)4-11-10/h4-5,7,17H,2-3H2,1H3,(H,12,14)(H,15,16)/t5-,7-/m0/s1. The first-order valence-electron chi connectivity index (χ1n) is 4.80. The Morgan fingerprint density at radius 2 is 2.12 bits per heavy atom. The third-order valence-corrected chi connectivity index (χ3v) is 2.11. The van der Waals surface area contributed by atoms with Crippen LogP contribution in [-0.2, 0) is 14.4 Å². The Balaban J connectivity index is 4.35. The second-order valence-corrected chi connectivity index (χ2v) is 4.10. The Kier molecular flexibility index (Phi) is 6.85. The van der Waals surface area contributed by atoms with E-state index in [2.05, 4.69) is 22.7 Å². The van der Waals surface area contributed by atoms with Crippen LogP contribution in [0.3, 0.4) is 0 Å². The quantitative estimate of drug-likeness (QED) is 0.247. The average Bonchev–Trinajstić information content (AvgIpc) is 2.23. The first kappa shape index (κ1) is 15.3. The topological polar surface area (TPSA) is 120 Å². The molecule has 0 aliphatic heterocycles. The smallest absolute Gasteiger partial charge is 0.326 e. The van der Waals surface area contributed by atoms with Crippen molar-refractivity contribution in [3.05, 3.63) is 5.53 Å². The fourth-order valence-corrected chi connectivity index (χ4v) is 1.04. The van der Waals surface area contributed by atoms with Gasteiger partial charge in [-0.3, -0.25) is 9.59 Å². The van der Waals surface area contributed by atoms with Crippen LogP contribution in [-0.4, -0.2) is 45.1 Å². The minimum Gasteiger partial charge on any atom is -0.480 e. The number of amides is 1. The number of nitrogens with one attached hydrogen (secondary N) is 1. The van der Waals surface area contributed by atoms with E-state index in [9.17, 15) is 14.4 Å². The third kappa shape index (κ3) is 6.49. The summed E-state index contributed by atoms with van der Waals surface area (Å²) in [7, 11) is 0. The van der Waals surface area contributed by atoms with Crippen molar-refractivity contribution < 1.29 is 24.3 Å². The highest BCUT2D eigenvalue weighted by atomic mass is 32.1. The summed E-state index contributed by atoms with van der Waals surface area (Å²) in [5.74, 6) is -2.28. The minimum atomic E-state index is -1.24. The zero-order chi connectivity index (χ0) is 13.4. The van der Waals surface area contributed by atoms with Crippen LogP contribution < -0.4 is 5.32 Å². The van der Waals surface area contributed by atoms with Crippen LogP contribution >= 0.6 is 12.6 Å². The van der Waals surface area contributed by atoms with Gasteiger partial charge in [-0.1, -0.05) is 0 Å². The van der Waals surface area contributed by atoms with E-state index in [0.29, 0.717) is 6.21 Å². The number of ketones is 1. The summed E-state index contributed by atoms with van der Waals surface area (Å²) in [5.41, 5.74) is 8.08. The lowest BCUT2D eigenvalue weighted by molar-refractivity contribution is -0.142. The van der Waals surface area contributed by atoms with Crippen LogP contribution in [0, 0.1) is 0 Å². The van der Waals surface area contributed by atoms with Crippen LogP contribution in [0.2, 0.25) is 0 Å². The van der Waals surface area contributed by atoms with Crippen molar-refractivity contribution in [2.45, 2.75) is 31.1 Å². The molecule has 2 atom stereocenters. The maximum atomic E-state index is 11.2. The molecule has 17 heavy (non-hydrogen) atoms. The van der Waals surface area contributed by atoms with Crippen molar-refractivity contribution in [2.75, 3.05) is 0 Å². The number of aliphatic carboxylic acids is 1. The summed E-state index contributed by atoms with van der Waals surface area (Å²) in [5, 5.41) is 10.4. The van der Waals surface area contributed by atoms with Crippen LogP contribution in [0.4, 0.5) is 0 Å². The van der Waals surface area contributed by atoms with E-state index in [1.807, 2.05) is 0 Å². The number of carboxylic acid groups (broad SMARTS) is 1. The predicted molar refractivity (Wildman–Crippen MR) is 61.9 cm³/mol. The van der Waals surface area contributed by atoms with Gasteiger partial charge in [0.2, 0.25) is 11.7 Å². The molecule has 2 N–H and O–H groups in total. The van der Waals surface area contributed by atoms with Gasteiger partial charge in [-0.25, -0.2) is 4.79 Å². The summed E-state index contributed by atoms with van der Waals surface area (Å²) in [6, 6.07) is -1.16. The molecule has 1 amide bonds. The van der Waals surface area contributed by atoms with E-state index in [1.54, 1.807) is 0 Å². The van der Waals surface area contributed by atoms with Gasteiger partial charge in [0.05, 0.1) is 5.25 Å². The molecule has 0 unspecified atom stereocenters. The predicted octanol–water partition coefficient (Wildman–Crippen LogP) is -0.476. The Labute approximate surface area is 103 Å². The largest absolute Gasteiger partial charge is 0.480 e. The maximum absolute atomic E-state index is 11.2. The van der Waals surface area contributed by atoms with Crippen molar-refractivity contribution in [3.63, 3.8) is 0 Å². The molecular formula is C9H13N3O4S. The SMILES string of the molecule is C[C@H](S)C(=O)N[C@@H](CCC(=O)C=[N+]=[N-])C(=O)O. The van der Waals surface area contributed by atoms with E-state index < -0.39 is 29.0 Å². The second-order valence-electron chi connectivity index (χ2n) is 3.32. The molecule has 0 fully saturated rings. The lowest BCUT2D eigenvalue weighted by Gasteiger charge is -2.14. The zero-order valence-corrected chi connectivity index (χ0v) is 10.1. The Morgan fingerprint density at radius 3 is 2.53 bits per heavy atom. The Morgan fingerprint density at radius 1 is 1.53 bits per heavy atom. The van der Waals surface area contributed by atoms with E-state index in [-0.39, 0.29) is 12.8 Å². The molecule has 0 rings (SSSR count). The van der Waals surface area contributed by atoms with Gasteiger partial charge in [-0.15, -0.1) is 0 Å². The normalized spacial score (nSPS) is 13.1. The van der Waals surface area contributed by atoms with Crippen molar-refractivity contribution in [1.82, 2.24) is 5.32 Å². The fourth-order valence-electron chi connectivity index (χ4n) is 0.965. The molecule has 0 aliphatic carbocycles. The van der Waals surface area contributed by atoms with Crippen molar-refractivity contribution in [2.24, 2.45) is 0 Å². The van der Waals surface area contributed by atoms with Gasteiger partial charge in [0.25, 0.3) is 0 Å². The summed E-state index contributed by atoms with van der Waals surface area (Å²) in [4.78, 5) is 35.5. The van der Waals surface area contributed by atoms with Crippen LogP contribution in [0.15, 0.2) is 0 Å². The lowest BCUT2D eigenvalue weighted by atomic mass is 10.1. The first-order chi connectivity index (χ1) is 7.88. The molecule has 0 aromatic carbocycles. The molecule has 0 aliphatic rings. The Hall–Kier alpha value is -1.66. The number of hydrogen-bond donors (Lipinski definition) is 3. The molecule has 0 radical (unpaired) electrons. The van der Waals surface area contributed by atoms with Crippen molar-refractivity contribution >= 4 is 36.5 Å². The molecule has 8 heteroatoms. The van der Waals surface area contributed by atoms with Crippen LogP contribution in [0.25, 0.3) is 5.53 Å². The molecule has 94 valence electrons. The molecule has 0 saturated carbocycles. The summed E-state index contributed by atoms with van der Waals surface area (Å²) in [6.45, 7) is 1.50. The fraction of sp³-hybridized carbons (Fsp3) is 0.556. The molecule has 0 saturated heterocycles. The zero-order valence-electron chi connectivity index (χ0n) is 9.16. The van der Waals surface area contributed by atoms with Gasteiger partial charge in [-0.05, 0) is 13.3 Å².